The van der Waals surface area contributed by atoms with Gasteiger partial charge in [0.25, 0.3) is 0 Å². The van der Waals surface area contributed by atoms with E-state index in [1.807, 2.05) is 36.4 Å². The van der Waals surface area contributed by atoms with Crippen molar-refractivity contribution in [2.75, 3.05) is 26.0 Å². The molecule has 0 aliphatic carbocycles. The molecule has 6 nitrogen and oxygen atoms in total. The largest absolute Gasteiger partial charge is 0.496 e. The minimum Gasteiger partial charge on any atom is -0.496 e. The highest BCUT2D eigenvalue weighted by Gasteiger charge is 2.19. The molecular weight excluding hydrogens is 408 g/mol. The van der Waals surface area contributed by atoms with Crippen LogP contribution in [-0.4, -0.2) is 51.4 Å². The molecule has 0 spiro atoms. The molecule has 0 radical (unpaired) electrons. The first kappa shape index (κ1) is 21.6. The molecule has 2 heterocycles. The number of rotatable bonds is 9. The highest BCUT2D eigenvalue weighted by atomic mass is 32.2. The Bertz CT molecular complexity index is 1000. The molecule has 0 atom stereocenters. The number of hydrogen-bond acceptors (Lipinski definition) is 6. The van der Waals surface area contributed by atoms with E-state index in [0.717, 1.165) is 30.6 Å². The van der Waals surface area contributed by atoms with Crippen LogP contribution in [0.5, 0.6) is 5.75 Å². The maximum Gasteiger partial charge on any atom is 0.192 e. The number of thioether (sulfide) groups is 1. The molecule has 1 aliphatic heterocycles. The number of para-hydroxylation sites is 1. The van der Waals surface area contributed by atoms with Crippen LogP contribution < -0.4 is 4.74 Å². The van der Waals surface area contributed by atoms with Crippen molar-refractivity contribution in [3.05, 3.63) is 71.5 Å². The zero-order chi connectivity index (χ0) is 21.5. The SMILES string of the molecule is COc1ccccc1C(=O)CSc1nnc(CN2CCCCC2)n1Cc1ccccc1. The van der Waals surface area contributed by atoms with Crippen LogP contribution in [0.25, 0.3) is 0 Å². The number of piperidine rings is 1. The quantitative estimate of drug-likeness (QED) is 0.368. The lowest BCUT2D eigenvalue weighted by atomic mass is 10.1. The van der Waals surface area contributed by atoms with Crippen molar-refractivity contribution in [3.63, 3.8) is 0 Å². The summed E-state index contributed by atoms with van der Waals surface area (Å²) in [6, 6.07) is 17.7. The van der Waals surface area contributed by atoms with Crippen molar-refractivity contribution >= 4 is 17.5 Å². The number of nitrogens with zero attached hydrogens (tertiary/aromatic N) is 4. The predicted octanol–water partition coefficient (Wildman–Crippen LogP) is 4.30. The molecule has 0 unspecified atom stereocenters. The smallest absolute Gasteiger partial charge is 0.192 e. The second-order valence-electron chi connectivity index (χ2n) is 7.72. The fourth-order valence-corrected chi connectivity index (χ4v) is 4.71. The zero-order valence-corrected chi connectivity index (χ0v) is 18.7. The van der Waals surface area contributed by atoms with Crippen LogP contribution >= 0.6 is 11.8 Å². The average molecular weight is 437 g/mol. The van der Waals surface area contributed by atoms with Gasteiger partial charge in [0.1, 0.15) is 11.6 Å². The summed E-state index contributed by atoms with van der Waals surface area (Å²) in [4.78, 5) is 15.3. The van der Waals surface area contributed by atoms with E-state index < -0.39 is 0 Å². The number of Topliss-reactive ketones (excluding diaryl/α,β-unsaturated/α-hetero) is 1. The van der Waals surface area contributed by atoms with E-state index in [2.05, 4.69) is 31.8 Å². The number of aromatic nitrogens is 3. The Hall–Kier alpha value is -2.64. The molecule has 4 rings (SSSR count). The second kappa shape index (κ2) is 10.6. The minimum atomic E-state index is 0.0225. The number of carbonyl (C=O) groups is 1. The molecular formula is C24H28N4O2S. The van der Waals surface area contributed by atoms with E-state index in [1.165, 1.54) is 36.6 Å². The fourth-order valence-electron chi connectivity index (χ4n) is 3.87. The molecule has 0 saturated carbocycles. The van der Waals surface area contributed by atoms with E-state index in [9.17, 15) is 4.79 Å². The monoisotopic (exact) mass is 436 g/mol. The van der Waals surface area contributed by atoms with E-state index >= 15 is 0 Å². The Morgan fingerprint density at radius 3 is 2.48 bits per heavy atom. The van der Waals surface area contributed by atoms with Crippen LogP contribution in [-0.2, 0) is 13.1 Å². The fraction of sp³-hybridized carbons (Fsp3) is 0.375. The van der Waals surface area contributed by atoms with Crippen molar-refractivity contribution in [1.29, 1.82) is 0 Å². The van der Waals surface area contributed by atoms with Gasteiger partial charge in [0, 0.05) is 0 Å². The van der Waals surface area contributed by atoms with Gasteiger partial charge in [-0.3, -0.25) is 9.69 Å². The number of methoxy groups -OCH3 is 1. The van der Waals surface area contributed by atoms with Gasteiger partial charge >= 0.3 is 0 Å². The van der Waals surface area contributed by atoms with Crippen molar-refractivity contribution in [2.45, 2.75) is 37.5 Å². The number of hydrogen-bond donors (Lipinski definition) is 0. The molecule has 0 bridgehead atoms. The number of benzene rings is 2. The van der Waals surface area contributed by atoms with Crippen molar-refractivity contribution in [2.24, 2.45) is 0 Å². The first-order valence-electron chi connectivity index (χ1n) is 10.7. The molecule has 7 heteroatoms. The van der Waals surface area contributed by atoms with E-state index in [0.29, 0.717) is 17.9 Å². The molecule has 3 aromatic rings. The van der Waals surface area contributed by atoms with Crippen LogP contribution in [0.15, 0.2) is 59.8 Å². The van der Waals surface area contributed by atoms with Crippen molar-refractivity contribution in [3.8, 4) is 5.75 Å². The Morgan fingerprint density at radius 1 is 0.968 bits per heavy atom. The summed E-state index contributed by atoms with van der Waals surface area (Å²) in [6.45, 7) is 3.70. The zero-order valence-electron chi connectivity index (χ0n) is 17.9. The van der Waals surface area contributed by atoms with E-state index in [4.69, 9.17) is 4.74 Å². The Balaban J connectivity index is 1.52. The highest BCUT2D eigenvalue weighted by molar-refractivity contribution is 7.99. The number of likely N-dealkylation sites (tertiary alicyclic amines) is 1. The standard InChI is InChI=1S/C24H28N4O2S/c1-30-22-13-7-6-12-20(22)21(29)18-31-24-26-25-23(17-27-14-8-3-9-15-27)28(24)16-19-10-4-2-5-11-19/h2,4-7,10-13H,3,8-9,14-18H2,1H3. The maximum absolute atomic E-state index is 12.8. The van der Waals surface area contributed by atoms with Crippen LogP contribution in [0.3, 0.4) is 0 Å². The molecule has 1 fully saturated rings. The average Bonchev–Trinajstić information content (AvgIpc) is 3.19. The van der Waals surface area contributed by atoms with Crippen LogP contribution in [0.4, 0.5) is 0 Å². The van der Waals surface area contributed by atoms with Crippen molar-refractivity contribution in [1.82, 2.24) is 19.7 Å². The van der Waals surface area contributed by atoms with Crippen LogP contribution in [0, 0.1) is 0 Å². The number of ketones is 1. The van der Waals surface area contributed by atoms with Gasteiger partial charge in [-0.2, -0.15) is 0 Å². The summed E-state index contributed by atoms with van der Waals surface area (Å²) in [5.41, 5.74) is 1.79. The summed E-state index contributed by atoms with van der Waals surface area (Å²) in [7, 11) is 1.59. The normalized spacial score (nSPS) is 14.5. The first-order valence-corrected chi connectivity index (χ1v) is 11.7. The lowest BCUT2D eigenvalue weighted by Gasteiger charge is -2.26. The molecule has 2 aromatic carbocycles. The van der Waals surface area contributed by atoms with Gasteiger partial charge in [-0.15, -0.1) is 10.2 Å². The molecule has 0 amide bonds. The Labute approximate surface area is 187 Å². The van der Waals surface area contributed by atoms with Crippen LogP contribution in [0.2, 0.25) is 0 Å². The second-order valence-corrected chi connectivity index (χ2v) is 8.66. The third-order valence-corrected chi connectivity index (χ3v) is 6.50. The molecule has 1 aromatic heterocycles. The topological polar surface area (TPSA) is 60.2 Å². The number of ether oxygens (including phenoxy) is 1. The third kappa shape index (κ3) is 5.54. The molecule has 162 valence electrons. The van der Waals surface area contributed by atoms with Gasteiger partial charge < -0.3 is 9.30 Å². The summed E-state index contributed by atoms with van der Waals surface area (Å²) >= 11 is 1.44. The van der Waals surface area contributed by atoms with Gasteiger partial charge in [0.05, 0.1) is 31.5 Å². The molecule has 0 N–H and O–H groups in total. The van der Waals surface area contributed by atoms with Crippen LogP contribution in [0.1, 0.15) is 41.0 Å². The van der Waals surface area contributed by atoms with Gasteiger partial charge in [0.2, 0.25) is 0 Å². The summed E-state index contributed by atoms with van der Waals surface area (Å²) in [6.07, 6.45) is 3.78. The molecule has 31 heavy (non-hydrogen) atoms. The van der Waals surface area contributed by atoms with E-state index in [1.54, 1.807) is 13.2 Å². The van der Waals surface area contributed by atoms with Gasteiger partial charge in [0.15, 0.2) is 10.9 Å². The third-order valence-electron chi connectivity index (χ3n) is 5.53. The molecule has 1 aliphatic rings. The maximum atomic E-state index is 12.8. The predicted molar refractivity (Wildman–Crippen MR) is 123 cm³/mol. The highest BCUT2D eigenvalue weighted by Crippen LogP contribution is 2.24. The Morgan fingerprint density at radius 2 is 1.71 bits per heavy atom. The lowest BCUT2D eigenvalue weighted by molar-refractivity contribution is 0.101. The van der Waals surface area contributed by atoms with Gasteiger partial charge in [-0.25, -0.2) is 0 Å². The first-order chi connectivity index (χ1) is 15.2. The lowest BCUT2D eigenvalue weighted by Crippen LogP contribution is -2.30. The van der Waals surface area contributed by atoms with Crippen molar-refractivity contribution < 1.29 is 9.53 Å². The van der Waals surface area contributed by atoms with Gasteiger partial charge in [-0.05, 0) is 43.6 Å². The van der Waals surface area contributed by atoms with Gasteiger partial charge in [-0.1, -0.05) is 60.6 Å². The summed E-state index contributed by atoms with van der Waals surface area (Å²) in [5.74, 6) is 1.87. The summed E-state index contributed by atoms with van der Waals surface area (Å²) in [5, 5.41) is 9.73. The number of carbonyl (C=O) groups excluding carboxylic acids is 1. The Kier molecular flexibility index (Phi) is 7.38. The minimum absolute atomic E-state index is 0.0225. The summed E-state index contributed by atoms with van der Waals surface area (Å²) < 4.78 is 7.50. The van der Waals surface area contributed by atoms with E-state index in [-0.39, 0.29) is 11.5 Å². The molecule has 1 saturated heterocycles.